The van der Waals surface area contributed by atoms with Gasteiger partial charge in [-0.15, -0.1) is 0 Å². The highest BCUT2D eigenvalue weighted by atomic mass is 35.5. The molecular formula is C14H20ClNO. The highest BCUT2D eigenvalue weighted by Gasteiger charge is 2.18. The molecule has 94 valence electrons. The Balaban J connectivity index is 2.21. The Hall–Kier alpha value is -0.730. The lowest BCUT2D eigenvalue weighted by atomic mass is 9.90. The van der Waals surface area contributed by atoms with E-state index in [2.05, 4.69) is 12.2 Å². The lowest BCUT2D eigenvalue weighted by Crippen LogP contribution is -2.28. The van der Waals surface area contributed by atoms with Gasteiger partial charge in [0, 0.05) is 10.6 Å². The molecule has 1 aromatic rings. The van der Waals surface area contributed by atoms with E-state index >= 15 is 0 Å². The second-order valence-corrected chi connectivity index (χ2v) is 5.18. The fourth-order valence-electron chi connectivity index (χ4n) is 2.57. The highest BCUT2D eigenvalue weighted by Crippen LogP contribution is 2.33. The molecule has 0 aliphatic carbocycles. The van der Waals surface area contributed by atoms with Gasteiger partial charge in [-0.1, -0.05) is 17.7 Å². The molecular weight excluding hydrogens is 234 g/mol. The van der Waals surface area contributed by atoms with Crippen LogP contribution in [0, 0.1) is 12.8 Å². The number of ether oxygens (including phenoxy) is 1. The van der Waals surface area contributed by atoms with Crippen LogP contribution in [-0.2, 0) is 6.42 Å². The summed E-state index contributed by atoms with van der Waals surface area (Å²) in [6.45, 7) is 4.31. The summed E-state index contributed by atoms with van der Waals surface area (Å²) in [5.41, 5.74) is 2.35. The molecule has 0 unspecified atom stereocenters. The Kier molecular flexibility index (Phi) is 4.30. The van der Waals surface area contributed by atoms with Crippen molar-refractivity contribution in [1.29, 1.82) is 0 Å². The zero-order valence-electron chi connectivity index (χ0n) is 10.6. The minimum atomic E-state index is 0.726. The summed E-state index contributed by atoms with van der Waals surface area (Å²) >= 11 is 6.30. The van der Waals surface area contributed by atoms with Gasteiger partial charge >= 0.3 is 0 Å². The summed E-state index contributed by atoms with van der Waals surface area (Å²) in [6.07, 6.45) is 3.49. The SMILES string of the molecule is COc1c(C)ccc(Cl)c1CC1CCNCC1. The van der Waals surface area contributed by atoms with Crippen molar-refractivity contribution < 1.29 is 4.74 Å². The zero-order chi connectivity index (χ0) is 12.3. The molecule has 0 atom stereocenters. The largest absolute Gasteiger partial charge is 0.496 e. The third-order valence-corrected chi connectivity index (χ3v) is 3.91. The molecule has 1 aliphatic heterocycles. The third-order valence-electron chi connectivity index (χ3n) is 3.56. The predicted molar refractivity (Wildman–Crippen MR) is 72.0 cm³/mol. The molecule has 0 bridgehead atoms. The molecule has 1 heterocycles. The molecule has 2 rings (SSSR count). The first kappa shape index (κ1) is 12.7. The van der Waals surface area contributed by atoms with Crippen LogP contribution in [0.15, 0.2) is 12.1 Å². The average molecular weight is 254 g/mol. The highest BCUT2D eigenvalue weighted by molar-refractivity contribution is 6.31. The van der Waals surface area contributed by atoms with Crippen LogP contribution in [0.2, 0.25) is 5.02 Å². The Morgan fingerprint density at radius 3 is 2.71 bits per heavy atom. The van der Waals surface area contributed by atoms with Gasteiger partial charge in [0.1, 0.15) is 5.75 Å². The number of halogens is 1. The summed E-state index contributed by atoms with van der Waals surface area (Å²) in [5.74, 6) is 1.69. The molecule has 0 radical (unpaired) electrons. The van der Waals surface area contributed by atoms with Crippen LogP contribution in [-0.4, -0.2) is 20.2 Å². The van der Waals surface area contributed by atoms with E-state index in [1.807, 2.05) is 12.1 Å². The summed E-state index contributed by atoms with van der Waals surface area (Å²) in [7, 11) is 1.73. The van der Waals surface area contributed by atoms with Crippen molar-refractivity contribution in [2.24, 2.45) is 5.92 Å². The maximum Gasteiger partial charge on any atom is 0.126 e. The summed E-state index contributed by atoms with van der Waals surface area (Å²) in [6, 6.07) is 4.00. The van der Waals surface area contributed by atoms with Crippen LogP contribution in [0.3, 0.4) is 0 Å². The van der Waals surface area contributed by atoms with E-state index in [0.717, 1.165) is 36.2 Å². The van der Waals surface area contributed by atoms with E-state index in [4.69, 9.17) is 16.3 Å². The number of hydrogen-bond acceptors (Lipinski definition) is 2. The zero-order valence-corrected chi connectivity index (χ0v) is 11.3. The van der Waals surface area contributed by atoms with Crippen molar-refractivity contribution in [3.05, 3.63) is 28.3 Å². The standard InChI is InChI=1S/C14H20ClNO/c1-10-3-4-13(15)12(14(10)17-2)9-11-5-7-16-8-6-11/h3-4,11,16H,5-9H2,1-2H3. The molecule has 0 amide bonds. The number of methoxy groups -OCH3 is 1. The number of aryl methyl sites for hydroxylation is 1. The van der Waals surface area contributed by atoms with Crippen LogP contribution >= 0.6 is 11.6 Å². The van der Waals surface area contributed by atoms with Crippen LogP contribution in [0.25, 0.3) is 0 Å². The second kappa shape index (κ2) is 5.74. The number of benzene rings is 1. The molecule has 3 heteroatoms. The third kappa shape index (κ3) is 2.93. The number of piperidine rings is 1. The quantitative estimate of drug-likeness (QED) is 0.893. The first-order valence-electron chi connectivity index (χ1n) is 6.25. The van der Waals surface area contributed by atoms with Crippen LogP contribution in [0.4, 0.5) is 0 Å². The maximum absolute atomic E-state index is 6.30. The lowest BCUT2D eigenvalue weighted by Gasteiger charge is -2.24. The van der Waals surface area contributed by atoms with Gasteiger partial charge < -0.3 is 10.1 Å². The Labute approximate surface area is 108 Å². The van der Waals surface area contributed by atoms with Crippen LogP contribution in [0.5, 0.6) is 5.75 Å². The molecule has 0 aromatic heterocycles. The molecule has 1 saturated heterocycles. The lowest BCUT2D eigenvalue weighted by molar-refractivity contribution is 0.360. The first-order valence-corrected chi connectivity index (χ1v) is 6.63. The molecule has 1 N–H and O–H groups in total. The average Bonchev–Trinajstić information content (AvgIpc) is 2.35. The van der Waals surface area contributed by atoms with Crippen LogP contribution in [0.1, 0.15) is 24.0 Å². The van der Waals surface area contributed by atoms with Gasteiger partial charge in [-0.05, 0) is 56.8 Å². The van der Waals surface area contributed by atoms with Gasteiger partial charge in [-0.2, -0.15) is 0 Å². The molecule has 17 heavy (non-hydrogen) atoms. The molecule has 1 fully saturated rings. The normalized spacial score (nSPS) is 17.1. The van der Waals surface area contributed by atoms with Gasteiger partial charge in [-0.3, -0.25) is 0 Å². The van der Waals surface area contributed by atoms with E-state index < -0.39 is 0 Å². The fraction of sp³-hybridized carbons (Fsp3) is 0.571. The van der Waals surface area contributed by atoms with E-state index in [9.17, 15) is 0 Å². The van der Waals surface area contributed by atoms with Crippen molar-refractivity contribution in [2.75, 3.05) is 20.2 Å². The van der Waals surface area contributed by atoms with Crippen molar-refractivity contribution in [1.82, 2.24) is 5.32 Å². The van der Waals surface area contributed by atoms with Gasteiger partial charge in [0.05, 0.1) is 7.11 Å². The number of hydrogen-bond donors (Lipinski definition) is 1. The van der Waals surface area contributed by atoms with Crippen LogP contribution < -0.4 is 10.1 Å². The van der Waals surface area contributed by atoms with Gasteiger partial charge in [0.2, 0.25) is 0 Å². The predicted octanol–water partition coefficient (Wildman–Crippen LogP) is 3.20. The van der Waals surface area contributed by atoms with E-state index in [1.165, 1.54) is 24.0 Å². The first-order chi connectivity index (χ1) is 8.22. The van der Waals surface area contributed by atoms with Crippen molar-refractivity contribution in [3.63, 3.8) is 0 Å². The summed E-state index contributed by atoms with van der Waals surface area (Å²) in [4.78, 5) is 0. The molecule has 2 nitrogen and oxygen atoms in total. The minimum Gasteiger partial charge on any atom is -0.496 e. The topological polar surface area (TPSA) is 21.3 Å². The Morgan fingerprint density at radius 2 is 2.06 bits per heavy atom. The second-order valence-electron chi connectivity index (χ2n) is 4.77. The van der Waals surface area contributed by atoms with Gasteiger partial charge in [0.25, 0.3) is 0 Å². The molecule has 1 aliphatic rings. The molecule has 0 spiro atoms. The summed E-state index contributed by atoms with van der Waals surface area (Å²) < 4.78 is 5.50. The van der Waals surface area contributed by atoms with Crippen molar-refractivity contribution in [2.45, 2.75) is 26.2 Å². The molecule has 1 aromatic carbocycles. The summed E-state index contributed by atoms with van der Waals surface area (Å²) in [5, 5.41) is 4.23. The van der Waals surface area contributed by atoms with E-state index in [0.29, 0.717) is 0 Å². The Bertz CT molecular complexity index is 386. The fourth-order valence-corrected chi connectivity index (χ4v) is 2.80. The van der Waals surface area contributed by atoms with Gasteiger partial charge in [0.15, 0.2) is 0 Å². The molecule has 0 saturated carbocycles. The Morgan fingerprint density at radius 1 is 1.35 bits per heavy atom. The monoisotopic (exact) mass is 253 g/mol. The number of nitrogens with one attached hydrogen (secondary N) is 1. The minimum absolute atomic E-state index is 0.726. The van der Waals surface area contributed by atoms with Crippen molar-refractivity contribution >= 4 is 11.6 Å². The van der Waals surface area contributed by atoms with E-state index in [1.54, 1.807) is 7.11 Å². The van der Waals surface area contributed by atoms with E-state index in [-0.39, 0.29) is 0 Å². The smallest absolute Gasteiger partial charge is 0.126 e. The number of rotatable bonds is 3. The maximum atomic E-state index is 6.30. The van der Waals surface area contributed by atoms with Gasteiger partial charge in [-0.25, -0.2) is 0 Å². The van der Waals surface area contributed by atoms with Crippen molar-refractivity contribution in [3.8, 4) is 5.75 Å².